The van der Waals surface area contributed by atoms with Crippen molar-refractivity contribution in [3.63, 3.8) is 0 Å². The van der Waals surface area contributed by atoms with Gasteiger partial charge in [-0.25, -0.2) is 0 Å². The predicted molar refractivity (Wildman–Crippen MR) is 86.1 cm³/mol. The zero-order valence-electron chi connectivity index (χ0n) is 13.3. The summed E-state index contributed by atoms with van der Waals surface area (Å²) >= 11 is 0. The van der Waals surface area contributed by atoms with E-state index in [1.54, 1.807) is 0 Å². The van der Waals surface area contributed by atoms with Gasteiger partial charge in [0.15, 0.2) is 0 Å². The highest BCUT2D eigenvalue weighted by Crippen LogP contribution is 2.22. The third kappa shape index (κ3) is 4.88. The van der Waals surface area contributed by atoms with Crippen LogP contribution in [0.25, 0.3) is 11.5 Å². The van der Waals surface area contributed by atoms with Gasteiger partial charge < -0.3 is 9.73 Å². The number of anilines is 1. The van der Waals surface area contributed by atoms with Crippen LogP contribution in [0, 0.1) is 11.8 Å². The molecule has 0 amide bonds. The molecule has 1 N–H and O–H groups in total. The summed E-state index contributed by atoms with van der Waals surface area (Å²) in [6.45, 7) is 9.09. The van der Waals surface area contributed by atoms with Crippen LogP contribution in [0.4, 0.5) is 5.69 Å². The van der Waals surface area contributed by atoms with Crippen LogP contribution in [-0.2, 0) is 0 Å². The van der Waals surface area contributed by atoms with Crippen LogP contribution in [0.15, 0.2) is 35.1 Å². The van der Waals surface area contributed by atoms with Crippen molar-refractivity contribution in [3.05, 3.63) is 30.7 Å². The topological polar surface area (TPSA) is 51.0 Å². The van der Waals surface area contributed by atoms with Crippen LogP contribution >= 0.6 is 0 Å². The van der Waals surface area contributed by atoms with Crippen LogP contribution in [0.3, 0.4) is 0 Å². The smallest absolute Gasteiger partial charge is 0.247 e. The van der Waals surface area contributed by atoms with Crippen LogP contribution in [0.2, 0.25) is 0 Å². The quantitative estimate of drug-likeness (QED) is 0.808. The van der Waals surface area contributed by atoms with E-state index in [0.29, 0.717) is 23.8 Å². The fraction of sp³-hybridized carbons (Fsp3) is 0.529. The largest absolute Gasteiger partial charge is 0.423 e. The molecule has 0 bridgehead atoms. The second-order valence-corrected chi connectivity index (χ2v) is 6.42. The lowest BCUT2D eigenvalue weighted by Gasteiger charge is -2.23. The minimum atomic E-state index is 0.513. The van der Waals surface area contributed by atoms with Gasteiger partial charge in [0.25, 0.3) is 0 Å². The van der Waals surface area contributed by atoms with Crippen molar-refractivity contribution in [2.75, 3.05) is 5.32 Å². The molecule has 2 rings (SSSR count). The molecule has 0 aliphatic carbocycles. The Balaban J connectivity index is 2.03. The van der Waals surface area contributed by atoms with E-state index in [4.69, 9.17) is 4.42 Å². The average molecular weight is 287 g/mol. The predicted octanol–water partition coefficient (Wildman–Crippen LogP) is 4.61. The highest BCUT2D eigenvalue weighted by molar-refractivity contribution is 5.58. The van der Waals surface area contributed by atoms with Crippen LogP contribution < -0.4 is 5.32 Å². The lowest BCUT2D eigenvalue weighted by Crippen LogP contribution is -2.23. The first-order chi connectivity index (χ1) is 10.0. The zero-order chi connectivity index (χ0) is 15.2. The third-order valence-electron chi connectivity index (χ3n) is 3.37. The molecule has 1 aromatic carbocycles. The van der Waals surface area contributed by atoms with Crippen molar-refractivity contribution < 1.29 is 4.42 Å². The normalized spacial score (nSPS) is 11.6. The first kappa shape index (κ1) is 15.5. The van der Waals surface area contributed by atoms with Gasteiger partial charge in [0.1, 0.15) is 0 Å². The van der Waals surface area contributed by atoms with Gasteiger partial charge in [-0.2, -0.15) is 0 Å². The molecule has 0 fully saturated rings. The Kier molecular flexibility index (Phi) is 5.37. The summed E-state index contributed by atoms with van der Waals surface area (Å²) in [6.07, 6.45) is 3.72. The fourth-order valence-corrected chi connectivity index (χ4v) is 2.60. The summed E-state index contributed by atoms with van der Waals surface area (Å²) in [4.78, 5) is 0. The third-order valence-corrected chi connectivity index (χ3v) is 3.37. The number of hydrogen-bond acceptors (Lipinski definition) is 4. The SMILES string of the molecule is CC(C)CC(CC(C)C)Nc1ccc(-c2nnco2)cc1. The van der Waals surface area contributed by atoms with Gasteiger partial charge >= 0.3 is 0 Å². The fourth-order valence-electron chi connectivity index (χ4n) is 2.60. The van der Waals surface area contributed by atoms with Crippen molar-refractivity contribution in [3.8, 4) is 11.5 Å². The maximum atomic E-state index is 5.20. The molecule has 0 aliphatic rings. The van der Waals surface area contributed by atoms with Crippen molar-refractivity contribution in [2.45, 2.75) is 46.6 Å². The molecule has 0 unspecified atom stereocenters. The lowest BCUT2D eigenvalue weighted by molar-refractivity contribution is 0.442. The lowest BCUT2D eigenvalue weighted by atomic mass is 9.95. The van der Waals surface area contributed by atoms with E-state index in [0.717, 1.165) is 11.3 Å². The second kappa shape index (κ2) is 7.25. The summed E-state index contributed by atoms with van der Waals surface area (Å²) in [5.74, 6) is 1.94. The Morgan fingerprint density at radius 1 is 1.00 bits per heavy atom. The molecule has 0 saturated carbocycles. The summed E-state index contributed by atoms with van der Waals surface area (Å²) in [7, 11) is 0. The van der Waals surface area contributed by atoms with Crippen molar-refractivity contribution in [1.82, 2.24) is 10.2 Å². The molecule has 2 aromatic rings. The number of hydrogen-bond donors (Lipinski definition) is 1. The molecule has 0 radical (unpaired) electrons. The molecule has 0 aliphatic heterocycles. The maximum absolute atomic E-state index is 5.20. The van der Waals surface area contributed by atoms with E-state index < -0.39 is 0 Å². The Bertz CT molecular complexity index is 507. The number of benzene rings is 1. The van der Waals surface area contributed by atoms with Gasteiger partial charge in [-0.05, 0) is 48.9 Å². The molecule has 114 valence electrons. The number of aromatic nitrogens is 2. The molecular formula is C17H25N3O. The van der Waals surface area contributed by atoms with E-state index in [-0.39, 0.29) is 0 Å². The number of nitrogens with one attached hydrogen (secondary N) is 1. The monoisotopic (exact) mass is 287 g/mol. The summed E-state index contributed by atoms with van der Waals surface area (Å²) < 4.78 is 5.20. The summed E-state index contributed by atoms with van der Waals surface area (Å²) in [5, 5.41) is 11.3. The molecular weight excluding hydrogens is 262 g/mol. The Hall–Kier alpha value is -1.84. The number of nitrogens with zero attached hydrogens (tertiary/aromatic N) is 2. The summed E-state index contributed by atoms with van der Waals surface area (Å²) in [6, 6.07) is 8.69. The molecule has 0 saturated heterocycles. The van der Waals surface area contributed by atoms with Gasteiger partial charge in [-0.1, -0.05) is 27.7 Å². The van der Waals surface area contributed by atoms with Crippen molar-refractivity contribution in [1.29, 1.82) is 0 Å². The molecule has 0 spiro atoms. The van der Waals surface area contributed by atoms with Crippen LogP contribution in [-0.4, -0.2) is 16.2 Å². The van der Waals surface area contributed by atoms with E-state index >= 15 is 0 Å². The van der Waals surface area contributed by atoms with E-state index in [9.17, 15) is 0 Å². The van der Waals surface area contributed by atoms with E-state index in [1.807, 2.05) is 12.1 Å². The van der Waals surface area contributed by atoms with Gasteiger partial charge in [-0.15, -0.1) is 10.2 Å². The van der Waals surface area contributed by atoms with Gasteiger partial charge in [-0.3, -0.25) is 0 Å². The van der Waals surface area contributed by atoms with E-state index in [1.165, 1.54) is 19.2 Å². The molecule has 21 heavy (non-hydrogen) atoms. The highest BCUT2D eigenvalue weighted by atomic mass is 16.4. The first-order valence-corrected chi connectivity index (χ1v) is 7.67. The van der Waals surface area contributed by atoms with E-state index in [2.05, 4.69) is 55.3 Å². The Labute approximate surface area is 127 Å². The molecule has 4 heteroatoms. The standard InChI is InChI=1S/C17H25N3O/c1-12(2)9-16(10-13(3)4)19-15-7-5-14(6-8-15)17-20-18-11-21-17/h5-8,11-13,16,19H,9-10H2,1-4H3. The minimum Gasteiger partial charge on any atom is -0.423 e. The first-order valence-electron chi connectivity index (χ1n) is 7.67. The molecule has 1 heterocycles. The van der Waals surface area contributed by atoms with Gasteiger partial charge in [0.2, 0.25) is 12.3 Å². The Morgan fingerprint density at radius 3 is 2.10 bits per heavy atom. The van der Waals surface area contributed by atoms with Crippen LogP contribution in [0.1, 0.15) is 40.5 Å². The zero-order valence-corrected chi connectivity index (χ0v) is 13.3. The average Bonchev–Trinajstić information content (AvgIpc) is 2.91. The highest BCUT2D eigenvalue weighted by Gasteiger charge is 2.13. The van der Waals surface area contributed by atoms with Crippen molar-refractivity contribution >= 4 is 5.69 Å². The molecule has 4 nitrogen and oxygen atoms in total. The molecule has 1 aromatic heterocycles. The van der Waals surface area contributed by atoms with Crippen molar-refractivity contribution in [2.24, 2.45) is 11.8 Å². The van der Waals surface area contributed by atoms with Crippen LogP contribution in [0.5, 0.6) is 0 Å². The second-order valence-electron chi connectivity index (χ2n) is 6.42. The molecule has 0 atom stereocenters. The van der Waals surface area contributed by atoms with Gasteiger partial charge in [0.05, 0.1) is 0 Å². The maximum Gasteiger partial charge on any atom is 0.247 e. The van der Waals surface area contributed by atoms with Gasteiger partial charge in [0, 0.05) is 17.3 Å². The minimum absolute atomic E-state index is 0.513. The Morgan fingerprint density at radius 2 is 1.62 bits per heavy atom. The summed E-state index contributed by atoms with van der Waals surface area (Å²) in [5.41, 5.74) is 2.09. The number of rotatable bonds is 7.